The monoisotopic (exact) mass is 343 g/mol. The van der Waals surface area contributed by atoms with Gasteiger partial charge in [0, 0.05) is 32.5 Å². The number of imide groups is 1. The van der Waals surface area contributed by atoms with Crippen molar-refractivity contribution in [2.24, 2.45) is 11.8 Å². The zero-order valence-electron chi connectivity index (χ0n) is 11.3. The number of halogens is 1. The molecule has 2 atom stereocenters. The van der Waals surface area contributed by atoms with Crippen molar-refractivity contribution in [1.82, 2.24) is 5.32 Å². The van der Waals surface area contributed by atoms with E-state index in [1.54, 1.807) is 11.3 Å². The van der Waals surface area contributed by atoms with Gasteiger partial charge in [-0.25, -0.2) is 0 Å². The lowest BCUT2D eigenvalue weighted by atomic mass is 9.79. The average molecular weight is 344 g/mol. The van der Waals surface area contributed by atoms with Gasteiger partial charge in [-0.1, -0.05) is 13.8 Å². The summed E-state index contributed by atoms with van der Waals surface area (Å²) < 4.78 is 1.06. The molecule has 1 aliphatic heterocycles. The predicted molar refractivity (Wildman–Crippen MR) is 80.2 cm³/mol. The zero-order chi connectivity index (χ0) is 14.2. The van der Waals surface area contributed by atoms with Gasteiger partial charge in [0.1, 0.15) is 0 Å². The Bertz CT molecular complexity index is 490. The fourth-order valence-corrected chi connectivity index (χ4v) is 4.27. The molecule has 5 heteroatoms. The highest BCUT2D eigenvalue weighted by Gasteiger charge is 2.37. The molecule has 2 amide bonds. The lowest BCUT2D eigenvalue weighted by Gasteiger charge is -2.30. The molecule has 0 saturated carbocycles. The van der Waals surface area contributed by atoms with Gasteiger partial charge in [-0.05, 0) is 41.3 Å². The van der Waals surface area contributed by atoms with Crippen molar-refractivity contribution in [3.05, 3.63) is 20.3 Å². The van der Waals surface area contributed by atoms with Crippen LogP contribution in [0.4, 0.5) is 0 Å². The van der Waals surface area contributed by atoms with E-state index in [0.717, 1.165) is 15.8 Å². The third-order valence-electron chi connectivity index (χ3n) is 3.46. The topological polar surface area (TPSA) is 46.2 Å². The number of rotatable bonds is 3. The van der Waals surface area contributed by atoms with E-state index in [1.807, 2.05) is 6.92 Å². The number of hydrogen-bond acceptors (Lipinski definition) is 3. The lowest BCUT2D eigenvalue weighted by molar-refractivity contribution is -0.137. The van der Waals surface area contributed by atoms with Crippen molar-refractivity contribution in [2.45, 2.75) is 39.5 Å². The van der Waals surface area contributed by atoms with Crippen LogP contribution in [0.1, 0.15) is 42.4 Å². The van der Waals surface area contributed by atoms with E-state index in [2.05, 4.69) is 41.2 Å². The highest BCUT2D eigenvalue weighted by atomic mass is 79.9. The van der Waals surface area contributed by atoms with Gasteiger partial charge in [-0.3, -0.25) is 14.9 Å². The molecular formula is C14H18BrNO2S. The maximum atomic E-state index is 12.1. The number of carbonyl (C=O) groups excluding carboxylic acids is 2. The normalized spacial score (nSPS) is 23.8. The van der Waals surface area contributed by atoms with Gasteiger partial charge in [0.15, 0.2) is 0 Å². The molecule has 2 heterocycles. The van der Waals surface area contributed by atoms with Gasteiger partial charge in [0.05, 0.1) is 0 Å². The third kappa shape index (κ3) is 3.26. The highest BCUT2D eigenvalue weighted by Crippen LogP contribution is 2.40. The summed E-state index contributed by atoms with van der Waals surface area (Å²) in [7, 11) is 0. The maximum Gasteiger partial charge on any atom is 0.230 e. The molecule has 0 bridgehead atoms. The van der Waals surface area contributed by atoms with Crippen molar-refractivity contribution in [3.63, 3.8) is 0 Å². The number of aryl methyl sites for hydroxylation is 1. The zero-order valence-corrected chi connectivity index (χ0v) is 13.7. The van der Waals surface area contributed by atoms with Crippen molar-refractivity contribution < 1.29 is 9.59 Å². The van der Waals surface area contributed by atoms with Crippen LogP contribution in [0.3, 0.4) is 0 Å². The summed E-state index contributed by atoms with van der Waals surface area (Å²) in [5.41, 5.74) is 0. The molecule has 1 N–H and O–H groups in total. The summed E-state index contributed by atoms with van der Waals surface area (Å²) in [6.07, 6.45) is 1.23. The van der Waals surface area contributed by atoms with Gasteiger partial charge in [0.25, 0.3) is 0 Å². The van der Waals surface area contributed by atoms with Gasteiger partial charge in [0.2, 0.25) is 11.8 Å². The second-order valence-electron chi connectivity index (χ2n) is 5.51. The fraction of sp³-hybridized carbons (Fsp3) is 0.571. The molecule has 1 saturated heterocycles. The number of piperidine rings is 1. The Hall–Kier alpha value is -0.680. The van der Waals surface area contributed by atoms with Crippen LogP contribution in [0.15, 0.2) is 10.5 Å². The summed E-state index contributed by atoms with van der Waals surface area (Å²) in [5, 5.41) is 2.47. The number of carbonyl (C=O) groups is 2. The molecule has 1 aliphatic rings. The molecule has 0 spiro atoms. The van der Waals surface area contributed by atoms with Crippen LogP contribution in [0.5, 0.6) is 0 Å². The summed E-state index contributed by atoms with van der Waals surface area (Å²) in [6.45, 7) is 6.26. The number of nitrogens with one attached hydrogen (secondary N) is 1. The van der Waals surface area contributed by atoms with Crippen molar-refractivity contribution >= 4 is 39.1 Å². The van der Waals surface area contributed by atoms with E-state index < -0.39 is 0 Å². The van der Waals surface area contributed by atoms with E-state index in [4.69, 9.17) is 0 Å². The summed E-state index contributed by atoms with van der Waals surface area (Å²) in [5.74, 6) is 0.103. The van der Waals surface area contributed by atoms with E-state index in [-0.39, 0.29) is 23.7 Å². The van der Waals surface area contributed by atoms with Gasteiger partial charge in [-0.15, -0.1) is 11.3 Å². The number of amides is 2. The molecule has 0 aliphatic carbocycles. The molecule has 2 rings (SSSR count). The summed E-state index contributed by atoms with van der Waals surface area (Å²) in [6, 6.07) is 2.06. The first-order chi connectivity index (χ1) is 8.88. The van der Waals surface area contributed by atoms with Gasteiger partial charge >= 0.3 is 0 Å². The van der Waals surface area contributed by atoms with Gasteiger partial charge < -0.3 is 0 Å². The molecule has 0 aromatic carbocycles. The van der Waals surface area contributed by atoms with Crippen LogP contribution in [0, 0.1) is 18.8 Å². The Morgan fingerprint density at radius 2 is 2.16 bits per heavy atom. The van der Waals surface area contributed by atoms with E-state index >= 15 is 0 Å². The number of hydrogen-bond donors (Lipinski definition) is 1. The lowest BCUT2D eigenvalue weighted by Crippen LogP contribution is -2.45. The first-order valence-corrected chi connectivity index (χ1v) is 8.09. The standard InChI is InChI=1S/C14H18BrNO2S/c1-7(2)4-10-9(5-13(17)16-14(10)18)12-6-11(15)8(3)19-12/h6-7,9-10H,4-5H2,1-3H3,(H,16,17,18). The quantitative estimate of drug-likeness (QED) is 0.852. The van der Waals surface area contributed by atoms with Crippen molar-refractivity contribution in [2.75, 3.05) is 0 Å². The molecule has 104 valence electrons. The Morgan fingerprint density at radius 1 is 1.47 bits per heavy atom. The highest BCUT2D eigenvalue weighted by molar-refractivity contribution is 9.10. The van der Waals surface area contributed by atoms with E-state index in [1.165, 1.54) is 4.88 Å². The van der Waals surface area contributed by atoms with Crippen LogP contribution in [-0.2, 0) is 9.59 Å². The first kappa shape index (κ1) is 14.7. The average Bonchev–Trinajstić information content (AvgIpc) is 2.62. The van der Waals surface area contributed by atoms with Gasteiger partial charge in [-0.2, -0.15) is 0 Å². The van der Waals surface area contributed by atoms with Crippen molar-refractivity contribution in [3.8, 4) is 0 Å². The Balaban J connectivity index is 2.31. The minimum absolute atomic E-state index is 0.0265. The SMILES string of the molecule is Cc1sc(C2CC(=O)NC(=O)C2CC(C)C)cc1Br. The molecule has 2 unspecified atom stereocenters. The summed E-state index contributed by atoms with van der Waals surface area (Å²) >= 11 is 5.19. The fourth-order valence-electron chi connectivity index (χ4n) is 2.55. The van der Waals surface area contributed by atoms with Crippen LogP contribution in [0.2, 0.25) is 0 Å². The smallest absolute Gasteiger partial charge is 0.230 e. The molecule has 1 fully saturated rings. The second-order valence-corrected chi connectivity index (χ2v) is 7.65. The Morgan fingerprint density at radius 3 is 2.68 bits per heavy atom. The minimum atomic E-state index is -0.155. The first-order valence-electron chi connectivity index (χ1n) is 6.48. The second kappa shape index (κ2) is 5.75. The van der Waals surface area contributed by atoms with Crippen LogP contribution < -0.4 is 5.32 Å². The summed E-state index contributed by atoms with van der Waals surface area (Å²) in [4.78, 5) is 26.0. The molecule has 0 radical (unpaired) electrons. The predicted octanol–water partition coefficient (Wildman–Crippen LogP) is 3.61. The third-order valence-corrected chi connectivity index (χ3v) is 5.73. The van der Waals surface area contributed by atoms with E-state index in [9.17, 15) is 9.59 Å². The minimum Gasteiger partial charge on any atom is -0.296 e. The molecule has 1 aromatic heterocycles. The van der Waals surface area contributed by atoms with Crippen molar-refractivity contribution in [1.29, 1.82) is 0 Å². The Labute approximate surface area is 125 Å². The molecule has 19 heavy (non-hydrogen) atoms. The van der Waals surface area contributed by atoms with Crippen LogP contribution >= 0.6 is 27.3 Å². The maximum absolute atomic E-state index is 12.1. The number of thiophene rings is 1. The van der Waals surface area contributed by atoms with Crippen LogP contribution in [0.25, 0.3) is 0 Å². The molecular weight excluding hydrogens is 326 g/mol. The Kier molecular flexibility index (Phi) is 4.46. The largest absolute Gasteiger partial charge is 0.296 e. The van der Waals surface area contributed by atoms with Crippen LogP contribution in [-0.4, -0.2) is 11.8 Å². The van der Waals surface area contributed by atoms with E-state index in [0.29, 0.717) is 12.3 Å². The molecule has 3 nitrogen and oxygen atoms in total. The molecule has 1 aromatic rings.